The lowest BCUT2D eigenvalue weighted by molar-refractivity contribution is 0.223. The van der Waals surface area contributed by atoms with Gasteiger partial charge in [0.25, 0.3) is 0 Å². The van der Waals surface area contributed by atoms with E-state index in [1.807, 2.05) is 6.07 Å². The van der Waals surface area contributed by atoms with Crippen LogP contribution in [0.2, 0.25) is 0 Å². The van der Waals surface area contributed by atoms with E-state index in [0.717, 1.165) is 0 Å². The molecule has 0 N–H and O–H groups in total. The molecule has 3 aromatic rings. The zero-order valence-electron chi connectivity index (χ0n) is 16.6. The van der Waals surface area contributed by atoms with Gasteiger partial charge in [-0.15, -0.1) is 0 Å². The van der Waals surface area contributed by atoms with Gasteiger partial charge in [-0.05, 0) is 37.7 Å². The van der Waals surface area contributed by atoms with E-state index in [2.05, 4.69) is 115 Å². The molecule has 4 heteroatoms. The third-order valence-corrected chi connectivity index (χ3v) is 7.53. The van der Waals surface area contributed by atoms with Crippen LogP contribution in [0.25, 0.3) is 0 Å². The molecule has 0 unspecified atom stereocenters. The topological polar surface area (TPSA) is 15.7 Å². The average Bonchev–Trinajstić information content (AvgIpc) is 3.00. The van der Waals surface area contributed by atoms with Crippen LogP contribution < -0.4 is 0 Å². The summed E-state index contributed by atoms with van der Waals surface area (Å²) in [5.74, 6) is 0. The Hall–Kier alpha value is -2.03. The fourth-order valence-corrected chi connectivity index (χ4v) is 6.11. The van der Waals surface area contributed by atoms with Gasteiger partial charge in [-0.1, -0.05) is 91.0 Å². The Morgan fingerprint density at radius 1 is 0.679 bits per heavy atom. The minimum Gasteiger partial charge on any atom is -0.323 e. The number of rotatable bonds is 5. The van der Waals surface area contributed by atoms with Gasteiger partial charge in [0.2, 0.25) is 0 Å². The highest BCUT2D eigenvalue weighted by Crippen LogP contribution is 2.64. The monoisotopic (exact) mass is 390 g/mol. The third kappa shape index (κ3) is 3.76. The molecule has 0 amide bonds. The van der Waals surface area contributed by atoms with Crippen LogP contribution in [0.5, 0.6) is 0 Å². The van der Waals surface area contributed by atoms with E-state index in [4.69, 9.17) is 4.52 Å². The van der Waals surface area contributed by atoms with Gasteiger partial charge in [-0.3, -0.25) is 0 Å². The summed E-state index contributed by atoms with van der Waals surface area (Å²) >= 11 is 0. The van der Waals surface area contributed by atoms with Crippen molar-refractivity contribution in [1.29, 1.82) is 0 Å². The Morgan fingerprint density at radius 3 is 1.50 bits per heavy atom. The van der Waals surface area contributed by atoms with Crippen LogP contribution in [0.3, 0.4) is 0 Å². The lowest BCUT2D eigenvalue weighted by Crippen LogP contribution is -2.20. The normalized spacial score (nSPS) is 22.4. The summed E-state index contributed by atoms with van der Waals surface area (Å²) in [4.78, 5) is 0. The van der Waals surface area contributed by atoms with Gasteiger partial charge in [0.05, 0.1) is 18.2 Å². The first-order valence-electron chi connectivity index (χ1n) is 9.74. The fraction of sp³-hybridized carbons (Fsp3) is 0.250. The molecule has 1 aliphatic rings. The SMILES string of the molecule is C[C@@H](OP1N(C)[C@H](c2ccccc2)[C@@H](c2ccccc2)N1C)c1ccccc1. The highest BCUT2D eigenvalue weighted by Gasteiger charge is 2.46. The second-order valence-corrected chi connectivity index (χ2v) is 9.25. The van der Waals surface area contributed by atoms with Crippen molar-refractivity contribution in [3.05, 3.63) is 108 Å². The molecule has 3 atom stereocenters. The van der Waals surface area contributed by atoms with E-state index in [1.54, 1.807) is 0 Å². The highest BCUT2D eigenvalue weighted by molar-refractivity contribution is 7.47. The van der Waals surface area contributed by atoms with Crippen LogP contribution in [0.1, 0.15) is 41.8 Å². The minimum atomic E-state index is -0.890. The van der Waals surface area contributed by atoms with Crippen molar-refractivity contribution in [1.82, 2.24) is 9.34 Å². The van der Waals surface area contributed by atoms with Crippen LogP contribution in [-0.2, 0) is 4.52 Å². The molecule has 0 bridgehead atoms. The molecule has 1 saturated heterocycles. The maximum Gasteiger partial charge on any atom is 0.189 e. The molecule has 0 spiro atoms. The molecule has 1 aliphatic heterocycles. The van der Waals surface area contributed by atoms with Crippen molar-refractivity contribution < 1.29 is 4.52 Å². The zero-order valence-corrected chi connectivity index (χ0v) is 17.5. The summed E-state index contributed by atoms with van der Waals surface area (Å²) < 4.78 is 11.5. The van der Waals surface area contributed by atoms with Crippen LogP contribution in [0, 0.1) is 0 Å². The summed E-state index contributed by atoms with van der Waals surface area (Å²) in [6, 6.07) is 32.5. The molecule has 0 radical (unpaired) electrons. The van der Waals surface area contributed by atoms with Crippen molar-refractivity contribution in [2.24, 2.45) is 0 Å². The molecular formula is C24H27N2OP. The Labute approximate surface area is 169 Å². The lowest BCUT2D eigenvalue weighted by Gasteiger charge is -2.28. The van der Waals surface area contributed by atoms with Crippen LogP contribution in [0.4, 0.5) is 0 Å². The molecule has 0 aliphatic carbocycles. The molecule has 1 fully saturated rings. The maximum absolute atomic E-state index is 6.64. The number of hydrogen-bond donors (Lipinski definition) is 0. The van der Waals surface area contributed by atoms with Crippen molar-refractivity contribution in [2.75, 3.05) is 14.1 Å². The number of likely N-dealkylation sites (N-methyl/N-ethyl adjacent to an activating group) is 2. The lowest BCUT2D eigenvalue weighted by atomic mass is 9.93. The second kappa shape index (κ2) is 8.55. The Morgan fingerprint density at radius 2 is 1.07 bits per heavy atom. The van der Waals surface area contributed by atoms with Gasteiger partial charge < -0.3 is 4.52 Å². The highest BCUT2D eigenvalue weighted by atomic mass is 31.2. The molecule has 28 heavy (non-hydrogen) atoms. The predicted molar refractivity (Wildman–Crippen MR) is 117 cm³/mol. The quantitative estimate of drug-likeness (QED) is 0.472. The molecule has 144 valence electrons. The summed E-state index contributed by atoms with van der Waals surface area (Å²) in [5.41, 5.74) is 3.87. The van der Waals surface area contributed by atoms with E-state index < -0.39 is 8.45 Å². The smallest absolute Gasteiger partial charge is 0.189 e. The van der Waals surface area contributed by atoms with Crippen molar-refractivity contribution >= 4 is 8.45 Å². The third-order valence-electron chi connectivity index (χ3n) is 5.45. The first kappa shape index (κ1) is 19.3. The number of nitrogens with zero attached hydrogens (tertiary/aromatic N) is 2. The van der Waals surface area contributed by atoms with Gasteiger partial charge in [-0.25, -0.2) is 9.34 Å². The van der Waals surface area contributed by atoms with Crippen molar-refractivity contribution in [3.63, 3.8) is 0 Å². The number of benzene rings is 3. The number of hydrogen-bond acceptors (Lipinski definition) is 3. The molecule has 3 nitrogen and oxygen atoms in total. The first-order valence-corrected chi connectivity index (χ1v) is 10.9. The molecule has 3 aromatic carbocycles. The molecule has 0 saturated carbocycles. The van der Waals surface area contributed by atoms with E-state index in [-0.39, 0.29) is 18.2 Å². The first-order chi connectivity index (χ1) is 13.7. The van der Waals surface area contributed by atoms with Gasteiger partial charge in [0.1, 0.15) is 0 Å². The Bertz CT molecular complexity index is 823. The largest absolute Gasteiger partial charge is 0.323 e. The van der Waals surface area contributed by atoms with E-state index in [0.29, 0.717) is 0 Å². The standard InChI is InChI=1S/C24H27N2OP/c1-19(20-13-7-4-8-14-20)27-28-25(2)23(21-15-9-5-10-16-21)24(26(28)3)22-17-11-6-12-18-22/h4-19,23-24H,1-3H3/t19-,23-,24-/m1/s1. The van der Waals surface area contributed by atoms with Gasteiger partial charge in [-0.2, -0.15) is 0 Å². The summed E-state index contributed by atoms with van der Waals surface area (Å²) in [5, 5.41) is 0. The predicted octanol–water partition coefficient (Wildman–Crippen LogP) is 6.35. The van der Waals surface area contributed by atoms with Crippen molar-refractivity contribution in [2.45, 2.75) is 25.1 Å². The second-order valence-electron chi connectivity index (χ2n) is 7.27. The Balaban J connectivity index is 1.67. The van der Waals surface area contributed by atoms with E-state index >= 15 is 0 Å². The molecule has 1 heterocycles. The van der Waals surface area contributed by atoms with Gasteiger partial charge in [0.15, 0.2) is 8.45 Å². The van der Waals surface area contributed by atoms with Gasteiger partial charge >= 0.3 is 0 Å². The zero-order chi connectivity index (χ0) is 19.5. The van der Waals surface area contributed by atoms with Crippen LogP contribution in [-0.4, -0.2) is 23.4 Å². The van der Waals surface area contributed by atoms with E-state index in [1.165, 1.54) is 16.7 Å². The average molecular weight is 390 g/mol. The summed E-state index contributed by atoms with van der Waals surface area (Å²) in [7, 11) is 3.50. The molecule has 4 rings (SSSR count). The summed E-state index contributed by atoms with van der Waals surface area (Å²) in [6.45, 7) is 2.15. The fourth-order valence-electron chi connectivity index (χ4n) is 4.02. The van der Waals surface area contributed by atoms with Crippen molar-refractivity contribution in [3.8, 4) is 0 Å². The van der Waals surface area contributed by atoms with Crippen LogP contribution >= 0.6 is 8.45 Å². The van der Waals surface area contributed by atoms with Gasteiger partial charge in [0, 0.05) is 0 Å². The van der Waals surface area contributed by atoms with Crippen LogP contribution in [0.15, 0.2) is 91.0 Å². The molecule has 0 aromatic heterocycles. The Kier molecular flexibility index (Phi) is 5.89. The van der Waals surface area contributed by atoms with E-state index in [9.17, 15) is 0 Å². The summed E-state index contributed by atoms with van der Waals surface area (Å²) in [6.07, 6.45) is 0.0446. The minimum absolute atomic E-state index is 0.0446. The maximum atomic E-state index is 6.64. The molecular weight excluding hydrogens is 363 g/mol.